The van der Waals surface area contributed by atoms with Crippen LogP contribution < -0.4 is 10.5 Å². The molecule has 3 N–H and O–H groups in total. The zero-order chi connectivity index (χ0) is 19.6. The van der Waals surface area contributed by atoms with E-state index in [-0.39, 0.29) is 22.6 Å². The molecule has 0 spiro atoms. The first-order valence-electron chi connectivity index (χ1n) is 8.22. The molecule has 7 nitrogen and oxygen atoms in total. The van der Waals surface area contributed by atoms with Crippen LogP contribution in [-0.4, -0.2) is 29.6 Å². The lowest BCUT2D eigenvalue weighted by Gasteiger charge is -2.14. The molecular formula is C18H20N4O3S2. The monoisotopic (exact) mass is 404 g/mol. The van der Waals surface area contributed by atoms with Crippen molar-refractivity contribution in [2.75, 3.05) is 5.75 Å². The van der Waals surface area contributed by atoms with Gasteiger partial charge in [0.1, 0.15) is 0 Å². The Balaban J connectivity index is 1.69. The van der Waals surface area contributed by atoms with Gasteiger partial charge in [-0.25, -0.2) is 18.5 Å². The van der Waals surface area contributed by atoms with Gasteiger partial charge in [-0.05, 0) is 30.7 Å². The number of rotatable bonds is 6. The third-order valence-electron chi connectivity index (χ3n) is 4.15. The molecular weight excluding hydrogens is 384 g/mol. The second-order valence-corrected chi connectivity index (χ2v) is 8.64. The summed E-state index contributed by atoms with van der Waals surface area (Å²) in [7, 11) is -1.97. The Morgan fingerprint density at radius 2 is 1.96 bits per heavy atom. The van der Waals surface area contributed by atoms with Gasteiger partial charge in [0, 0.05) is 7.05 Å². The number of nitrogens with two attached hydrogens (primary N) is 1. The summed E-state index contributed by atoms with van der Waals surface area (Å²) < 4.78 is 24.8. The van der Waals surface area contributed by atoms with Crippen molar-refractivity contribution < 1.29 is 13.2 Å². The van der Waals surface area contributed by atoms with Crippen LogP contribution in [0.2, 0.25) is 0 Å². The molecule has 0 bridgehead atoms. The molecule has 0 unspecified atom stereocenters. The predicted molar refractivity (Wildman–Crippen MR) is 106 cm³/mol. The quantitative estimate of drug-likeness (QED) is 0.613. The lowest BCUT2D eigenvalue weighted by Crippen LogP contribution is -2.28. The molecule has 0 aliphatic heterocycles. The molecule has 0 fully saturated rings. The van der Waals surface area contributed by atoms with E-state index in [0.29, 0.717) is 10.7 Å². The summed E-state index contributed by atoms with van der Waals surface area (Å²) in [6.07, 6.45) is 0. The van der Waals surface area contributed by atoms with E-state index in [1.807, 2.05) is 48.9 Å². The number of thioether (sulfide) groups is 1. The van der Waals surface area contributed by atoms with Crippen molar-refractivity contribution >= 4 is 38.7 Å². The van der Waals surface area contributed by atoms with E-state index in [2.05, 4.69) is 10.3 Å². The van der Waals surface area contributed by atoms with Crippen LogP contribution in [0.25, 0.3) is 11.0 Å². The van der Waals surface area contributed by atoms with Crippen molar-refractivity contribution in [1.82, 2.24) is 14.9 Å². The summed E-state index contributed by atoms with van der Waals surface area (Å²) in [6, 6.07) is 14.2. The Kier molecular flexibility index (Phi) is 5.54. The highest BCUT2D eigenvalue weighted by Crippen LogP contribution is 2.24. The Bertz CT molecular complexity index is 1080. The molecule has 0 saturated heterocycles. The van der Waals surface area contributed by atoms with E-state index in [4.69, 9.17) is 5.14 Å². The van der Waals surface area contributed by atoms with Crippen molar-refractivity contribution in [1.29, 1.82) is 0 Å². The second-order valence-electron chi connectivity index (χ2n) is 6.14. The number of nitrogens with zero attached hydrogens (tertiary/aromatic N) is 2. The Labute approximate surface area is 162 Å². The summed E-state index contributed by atoms with van der Waals surface area (Å²) in [5.41, 5.74) is 2.32. The molecule has 3 rings (SSSR count). The minimum absolute atomic E-state index is 0.0130. The van der Waals surface area contributed by atoms with Crippen LogP contribution in [-0.2, 0) is 21.9 Å². The minimum atomic E-state index is -3.78. The number of hydrogen-bond donors (Lipinski definition) is 2. The minimum Gasteiger partial charge on any atom is -0.349 e. The number of carbonyl (C=O) groups is 1. The number of benzene rings is 2. The first-order chi connectivity index (χ1) is 12.8. The van der Waals surface area contributed by atoms with Gasteiger partial charge in [-0.1, -0.05) is 42.1 Å². The molecule has 2 aromatic carbocycles. The summed E-state index contributed by atoms with van der Waals surface area (Å²) in [5, 5.41) is 8.75. The first kappa shape index (κ1) is 19.4. The third-order valence-corrected chi connectivity index (χ3v) is 6.09. The van der Waals surface area contributed by atoms with Crippen LogP contribution in [0.4, 0.5) is 0 Å². The van der Waals surface area contributed by atoms with Crippen LogP contribution >= 0.6 is 11.8 Å². The molecule has 1 aromatic heterocycles. The normalized spacial score (nSPS) is 12.9. The van der Waals surface area contributed by atoms with Gasteiger partial charge in [-0.15, -0.1) is 0 Å². The Morgan fingerprint density at radius 1 is 1.26 bits per heavy atom. The van der Waals surface area contributed by atoms with E-state index in [9.17, 15) is 13.2 Å². The fraction of sp³-hybridized carbons (Fsp3) is 0.222. The van der Waals surface area contributed by atoms with Gasteiger partial charge in [0.2, 0.25) is 15.9 Å². The molecule has 0 aliphatic rings. The zero-order valence-corrected chi connectivity index (χ0v) is 16.5. The van der Waals surface area contributed by atoms with Crippen LogP contribution in [0, 0.1) is 0 Å². The van der Waals surface area contributed by atoms with Gasteiger partial charge in [0.25, 0.3) is 0 Å². The van der Waals surface area contributed by atoms with Crippen molar-refractivity contribution in [2.24, 2.45) is 12.2 Å². The van der Waals surface area contributed by atoms with E-state index < -0.39 is 10.0 Å². The number of hydrogen-bond acceptors (Lipinski definition) is 5. The molecule has 9 heteroatoms. The highest BCUT2D eigenvalue weighted by atomic mass is 32.2. The SMILES string of the molecule is C[C@H](NC(=O)CSc1nc2cc(S(N)(=O)=O)ccc2n1C)c1ccccc1. The van der Waals surface area contributed by atoms with Gasteiger partial charge in [0.15, 0.2) is 5.16 Å². The predicted octanol–water partition coefficient (Wildman–Crippen LogP) is 2.19. The lowest BCUT2D eigenvalue weighted by atomic mass is 10.1. The molecule has 142 valence electrons. The summed E-state index contributed by atoms with van der Waals surface area (Å²) in [5.74, 6) is 0.102. The fourth-order valence-corrected chi connectivity index (χ4v) is 4.03. The number of nitrogens with one attached hydrogen (secondary N) is 1. The number of fused-ring (bicyclic) bond motifs is 1. The van der Waals surface area contributed by atoms with Crippen molar-refractivity contribution in [2.45, 2.75) is 23.0 Å². The highest BCUT2D eigenvalue weighted by Gasteiger charge is 2.15. The molecule has 3 aromatic rings. The van der Waals surface area contributed by atoms with Crippen LogP contribution in [0.15, 0.2) is 58.6 Å². The zero-order valence-electron chi connectivity index (χ0n) is 14.9. The van der Waals surface area contributed by atoms with Crippen molar-refractivity contribution in [3.8, 4) is 0 Å². The smallest absolute Gasteiger partial charge is 0.238 e. The standard InChI is InChI=1S/C18H20N4O3S2/c1-12(13-6-4-3-5-7-13)20-17(23)11-26-18-21-15-10-14(27(19,24)25)8-9-16(15)22(18)2/h3-10,12H,11H2,1-2H3,(H,20,23)(H2,19,24,25)/t12-/m0/s1. The fourth-order valence-electron chi connectivity index (χ4n) is 2.70. The van der Waals surface area contributed by atoms with E-state index in [1.54, 1.807) is 6.07 Å². The van der Waals surface area contributed by atoms with Crippen LogP contribution in [0.3, 0.4) is 0 Å². The number of sulfonamides is 1. The average Bonchev–Trinajstić information content (AvgIpc) is 2.95. The number of amides is 1. The molecule has 1 amide bonds. The maximum absolute atomic E-state index is 12.2. The van der Waals surface area contributed by atoms with Gasteiger partial charge in [-0.2, -0.15) is 0 Å². The maximum Gasteiger partial charge on any atom is 0.238 e. The topological polar surface area (TPSA) is 107 Å². The average molecular weight is 405 g/mol. The molecule has 0 radical (unpaired) electrons. The molecule has 0 aliphatic carbocycles. The van der Waals surface area contributed by atoms with Crippen LogP contribution in [0.5, 0.6) is 0 Å². The number of primary sulfonamides is 1. The Hall–Kier alpha value is -2.36. The van der Waals surface area contributed by atoms with Gasteiger partial charge in [0.05, 0.1) is 27.7 Å². The van der Waals surface area contributed by atoms with E-state index in [0.717, 1.165) is 11.1 Å². The number of imidazole rings is 1. The maximum atomic E-state index is 12.2. The second kappa shape index (κ2) is 7.71. The number of carbonyl (C=O) groups excluding carboxylic acids is 1. The van der Waals surface area contributed by atoms with E-state index >= 15 is 0 Å². The lowest BCUT2D eigenvalue weighted by molar-refractivity contribution is -0.119. The Morgan fingerprint density at radius 3 is 2.63 bits per heavy atom. The molecule has 27 heavy (non-hydrogen) atoms. The summed E-state index contributed by atoms with van der Waals surface area (Å²) in [4.78, 5) is 16.7. The molecule has 1 heterocycles. The number of aryl methyl sites for hydroxylation is 1. The van der Waals surface area contributed by atoms with Gasteiger partial charge in [-0.3, -0.25) is 4.79 Å². The first-order valence-corrected chi connectivity index (χ1v) is 10.8. The summed E-state index contributed by atoms with van der Waals surface area (Å²) >= 11 is 1.29. The highest BCUT2D eigenvalue weighted by molar-refractivity contribution is 7.99. The summed E-state index contributed by atoms with van der Waals surface area (Å²) in [6.45, 7) is 1.93. The third kappa shape index (κ3) is 4.49. The number of aromatic nitrogens is 2. The largest absolute Gasteiger partial charge is 0.349 e. The van der Waals surface area contributed by atoms with Crippen molar-refractivity contribution in [3.05, 3.63) is 54.1 Å². The van der Waals surface area contributed by atoms with Crippen molar-refractivity contribution in [3.63, 3.8) is 0 Å². The van der Waals surface area contributed by atoms with Gasteiger partial charge >= 0.3 is 0 Å². The molecule has 1 atom stereocenters. The van der Waals surface area contributed by atoms with Gasteiger partial charge < -0.3 is 9.88 Å². The van der Waals surface area contributed by atoms with E-state index in [1.165, 1.54) is 23.9 Å². The molecule has 0 saturated carbocycles. The van der Waals surface area contributed by atoms with Crippen LogP contribution in [0.1, 0.15) is 18.5 Å².